The van der Waals surface area contributed by atoms with Crippen molar-refractivity contribution < 1.29 is 14.3 Å². The van der Waals surface area contributed by atoms with E-state index in [1.807, 2.05) is 24.4 Å². The molecule has 1 aromatic carbocycles. The number of benzene rings is 1. The molecule has 1 heterocycles. The molecule has 0 radical (unpaired) electrons. The van der Waals surface area contributed by atoms with Gasteiger partial charge in [-0.1, -0.05) is 17.7 Å². The molecule has 0 saturated carbocycles. The Morgan fingerprint density at radius 1 is 1.29 bits per heavy atom. The number of hydrogen-bond acceptors (Lipinski definition) is 4. The molecule has 1 atom stereocenters. The van der Waals surface area contributed by atoms with Gasteiger partial charge in [0.2, 0.25) is 0 Å². The van der Waals surface area contributed by atoms with Gasteiger partial charge in [0.25, 0.3) is 5.91 Å². The molecule has 2 aromatic rings. The summed E-state index contributed by atoms with van der Waals surface area (Å²) in [6.07, 6.45) is 0. The summed E-state index contributed by atoms with van der Waals surface area (Å²) in [6, 6.07) is 10.0. The van der Waals surface area contributed by atoms with Gasteiger partial charge in [0, 0.05) is 9.90 Å². The predicted molar refractivity (Wildman–Crippen MR) is 82.6 cm³/mol. The van der Waals surface area contributed by atoms with Crippen LogP contribution in [0, 0.1) is 0 Å². The molecule has 1 amide bonds. The maximum absolute atomic E-state index is 11.7. The molecule has 0 unspecified atom stereocenters. The molecule has 0 aliphatic rings. The van der Waals surface area contributed by atoms with E-state index in [9.17, 15) is 9.59 Å². The van der Waals surface area contributed by atoms with E-state index >= 15 is 0 Å². The molecule has 0 saturated heterocycles. The highest BCUT2D eigenvalue weighted by Crippen LogP contribution is 2.17. The van der Waals surface area contributed by atoms with Gasteiger partial charge in [0.05, 0.1) is 11.6 Å². The van der Waals surface area contributed by atoms with Crippen LogP contribution < -0.4 is 5.32 Å². The lowest BCUT2D eigenvalue weighted by atomic mass is 10.2. The number of carbonyl (C=O) groups excluding carboxylic acids is 2. The number of rotatable bonds is 5. The fourth-order valence-electron chi connectivity index (χ4n) is 1.69. The van der Waals surface area contributed by atoms with Gasteiger partial charge < -0.3 is 10.1 Å². The maximum Gasteiger partial charge on any atom is 0.338 e. The minimum Gasteiger partial charge on any atom is -0.452 e. The van der Waals surface area contributed by atoms with Crippen molar-refractivity contribution in [1.82, 2.24) is 5.32 Å². The Labute approximate surface area is 131 Å². The van der Waals surface area contributed by atoms with Gasteiger partial charge in [-0.25, -0.2) is 4.79 Å². The second-order valence-corrected chi connectivity index (χ2v) is 5.80. The van der Waals surface area contributed by atoms with Crippen LogP contribution >= 0.6 is 22.9 Å². The number of esters is 1. The molecule has 0 spiro atoms. The van der Waals surface area contributed by atoms with Crippen molar-refractivity contribution in [3.63, 3.8) is 0 Å². The van der Waals surface area contributed by atoms with Gasteiger partial charge >= 0.3 is 5.97 Å². The number of thiophene rings is 1. The zero-order chi connectivity index (χ0) is 15.2. The molecule has 21 heavy (non-hydrogen) atoms. The summed E-state index contributed by atoms with van der Waals surface area (Å²) in [5.74, 6) is -0.885. The first-order valence-electron chi connectivity index (χ1n) is 6.31. The van der Waals surface area contributed by atoms with Crippen molar-refractivity contribution in [1.29, 1.82) is 0 Å². The first kappa shape index (κ1) is 15.5. The highest BCUT2D eigenvalue weighted by molar-refractivity contribution is 7.10. The Morgan fingerprint density at radius 2 is 2.00 bits per heavy atom. The Balaban J connectivity index is 1.81. The van der Waals surface area contributed by atoms with Crippen LogP contribution in [0.3, 0.4) is 0 Å². The molecule has 1 aromatic heterocycles. The summed E-state index contributed by atoms with van der Waals surface area (Å²) in [5, 5.41) is 5.25. The van der Waals surface area contributed by atoms with Crippen LogP contribution in [0.25, 0.3) is 0 Å². The fraction of sp³-hybridized carbons (Fsp3) is 0.200. The van der Waals surface area contributed by atoms with E-state index in [0.29, 0.717) is 10.6 Å². The molecule has 0 aliphatic heterocycles. The second kappa shape index (κ2) is 7.24. The summed E-state index contributed by atoms with van der Waals surface area (Å²) in [5.41, 5.74) is 0.360. The lowest BCUT2D eigenvalue weighted by Crippen LogP contribution is -2.30. The first-order chi connectivity index (χ1) is 10.1. The smallest absolute Gasteiger partial charge is 0.338 e. The number of ether oxygens (including phenoxy) is 1. The molecule has 0 fully saturated rings. The maximum atomic E-state index is 11.7. The van der Waals surface area contributed by atoms with Crippen LogP contribution in [0.1, 0.15) is 28.2 Å². The molecule has 0 bridgehead atoms. The van der Waals surface area contributed by atoms with E-state index in [0.717, 1.165) is 4.88 Å². The largest absolute Gasteiger partial charge is 0.452 e. The average molecular weight is 324 g/mol. The third kappa shape index (κ3) is 4.58. The molecule has 0 aliphatic carbocycles. The average Bonchev–Trinajstić information content (AvgIpc) is 3.00. The van der Waals surface area contributed by atoms with Crippen molar-refractivity contribution in [2.45, 2.75) is 13.0 Å². The topological polar surface area (TPSA) is 55.4 Å². The molecular weight excluding hydrogens is 310 g/mol. The summed E-state index contributed by atoms with van der Waals surface area (Å²) >= 11 is 7.30. The van der Waals surface area contributed by atoms with Crippen molar-refractivity contribution in [3.05, 3.63) is 57.2 Å². The Bertz CT molecular complexity index is 610. The van der Waals surface area contributed by atoms with Crippen molar-refractivity contribution >= 4 is 34.8 Å². The summed E-state index contributed by atoms with van der Waals surface area (Å²) in [7, 11) is 0. The lowest BCUT2D eigenvalue weighted by molar-refractivity contribution is -0.124. The SMILES string of the molecule is C[C@@H](NC(=O)COC(=O)c1ccc(Cl)cc1)c1cccs1. The number of nitrogens with one attached hydrogen (secondary N) is 1. The van der Waals surface area contributed by atoms with Crippen molar-refractivity contribution in [2.24, 2.45) is 0 Å². The second-order valence-electron chi connectivity index (χ2n) is 4.39. The molecule has 1 N–H and O–H groups in total. The zero-order valence-corrected chi connectivity index (χ0v) is 12.9. The predicted octanol–water partition coefficient (Wildman–Crippen LogP) is 3.44. The van der Waals surface area contributed by atoms with Gasteiger partial charge in [-0.3, -0.25) is 4.79 Å². The fourth-order valence-corrected chi connectivity index (χ4v) is 2.55. The highest BCUT2D eigenvalue weighted by Gasteiger charge is 2.13. The van der Waals surface area contributed by atoms with Crippen LogP contribution in [0.5, 0.6) is 0 Å². The number of amides is 1. The van der Waals surface area contributed by atoms with Crippen molar-refractivity contribution in [3.8, 4) is 0 Å². The third-order valence-corrected chi connectivity index (χ3v) is 4.07. The van der Waals surface area contributed by atoms with E-state index in [1.54, 1.807) is 35.6 Å². The monoisotopic (exact) mass is 323 g/mol. The van der Waals surface area contributed by atoms with E-state index in [2.05, 4.69) is 5.32 Å². The molecule has 2 rings (SSSR count). The summed E-state index contributed by atoms with van der Waals surface area (Å²) < 4.78 is 4.96. The van der Waals surface area contributed by atoms with Gasteiger partial charge in [-0.05, 0) is 42.6 Å². The van der Waals surface area contributed by atoms with Crippen LogP contribution in [0.4, 0.5) is 0 Å². The lowest BCUT2D eigenvalue weighted by Gasteiger charge is -2.12. The van der Waals surface area contributed by atoms with Crippen LogP contribution in [0.2, 0.25) is 5.02 Å². The third-order valence-electron chi connectivity index (χ3n) is 2.76. The quantitative estimate of drug-likeness (QED) is 0.858. The number of halogens is 1. The van der Waals surface area contributed by atoms with Crippen LogP contribution in [-0.2, 0) is 9.53 Å². The zero-order valence-electron chi connectivity index (χ0n) is 11.3. The van der Waals surface area contributed by atoms with Gasteiger partial charge in [-0.15, -0.1) is 11.3 Å². The standard InChI is InChI=1S/C15H14ClNO3S/c1-10(13-3-2-8-21-13)17-14(18)9-20-15(19)11-4-6-12(16)7-5-11/h2-8,10H,9H2,1H3,(H,17,18)/t10-/m1/s1. The van der Waals surface area contributed by atoms with E-state index in [-0.39, 0.29) is 18.6 Å². The number of carbonyl (C=O) groups is 2. The van der Waals surface area contributed by atoms with Crippen molar-refractivity contribution in [2.75, 3.05) is 6.61 Å². The van der Waals surface area contributed by atoms with Gasteiger partial charge in [0.1, 0.15) is 0 Å². The van der Waals surface area contributed by atoms with E-state index < -0.39 is 5.97 Å². The molecular formula is C15H14ClNO3S. The Morgan fingerprint density at radius 3 is 2.62 bits per heavy atom. The minimum atomic E-state index is -0.550. The summed E-state index contributed by atoms with van der Waals surface area (Å²) in [6.45, 7) is 1.57. The Hall–Kier alpha value is -1.85. The van der Waals surface area contributed by atoms with E-state index in [4.69, 9.17) is 16.3 Å². The Kier molecular flexibility index (Phi) is 5.36. The van der Waals surface area contributed by atoms with Crippen LogP contribution in [0.15, 0.2) is 41.8 Å². The van der Waals surface area contributed by atoms with E-state index in [1.165, 1.54) is 0 Å². The molecule has 110 valence electrons. The molecule has 6 heteroatoms. The van der Waals surface area contributed by atoms with Gasteiger partial charge in [-0.2, -0.15) is 0 Å². The van der Waals surface area contributed by atoms with Crippen LogP contribution in [-0.4, -0.2) is 18.5 Å². The molecule has 4 nitrogen and oxygen atoms in total. The normalized spacial score (nSPS) is 11.7. The highest BCUT2D eigenvalue weighted by atomic mass is 35.5. The van der Waals surface area contributed by atoms with Gasteiger partial charge in [0.15, 0.2) is 6.61 Å². The first-order valence-corrected chi connectivity index (χ1v) is 7.57. The summed E-state index contributed by atoms with van der Waals surface area (Å²) in [4.78, 5) is 24.5. The number of hydrogen-bond donors (Lipinski definition) is 1. The minimum absolute atomic E-state index is 0.105.